The molecule has 0 aliphatic rings. The lowest BCUT2D eigenvalue weighted by molar-refractivity contribution is 0.828. The van der Waals surface area contributed by atoms with E-state index in [1.807, 2.05) is 53.2 Å². The summed E-state index contributed by atoms with van der Waals surface area (Å²) < 4.78 is 3.09. The summed E-state index contributed by atoms with van der Waals surface area (Å²) in [4.78, 5) is 26.1. The highest BCUT2D eigenvalue weighted by Gasteiger charge is 2.15. The van der Waals surface area contributed by atoms with Crippen LogP contribution >= 0.6 is 22.9 Å². The fraction of sp³-hybridized carbons (Fsp3) is 0.0714. The molecular formula is C14H11IN4O2. The quantitative estimate of drug-likeness (QED) is 0.524. The van der Waals surface area contributed by atoms with Gasteiger partial charge in [-0.1, -0.05) is 30.3 Å². The topological polar surface area (TPSA) is 83.6 Å². The highest BCUT2D eigenvalue weighted by molar-refractivity contribution is 14.1. The third kappa shape index (κ3) is 2.33. The summed E-state index contributed by atoms with van der Waals surface area (Å²) in [5.74, 6) is 0. The largest absolute Gasteiger partial charge is 0.337 e. The monoisotopic (exact) mass is 394 g/mol. The van der Waals surface area contributed by atoms with E-state index >= 15 is 0 Å². The maximum Gasteiger partial charge on any atom is 0.337 e. The predicted octanol–water partition coefficient (Wildman–Crippen LogP) is 1.74. The van der Waals surface area contributed by atoms with Crippen molar-refractivity contribution in [3.63, 3.8) is 0 Å². The molecule has 0 spiro atoms. The molecule has 0 fully saturated rings. The molecule has 0 amide bonds. The van der Waals surface area contributed by atoms with E-state index in [4.69, 9.17) is 5.41 Å². The van der Waals surface area contributed by atoms with Gasteiger partial charge in [0.2, 0.25) is 0 Å². The van der Waals surface area contributed by atoms with Crippen LogP contribution < -0.4 is 11.2 Å². The summed E-state index contributed by atoms with van der Waals surface area (Å²) in [6, 6.07) is 9.71. The molecule has 0 saturated heterocycles. The molecule has 0 bridgehead atoms. The van der Waals surface area contributed by atoms with Gasteiger partial charge in [0.05, 0.1) is 28.4 Å². The Morgan fingerprint density at radius 3 is 2.57 bits per heavy atom. The molecular weight excluding hydrogens is 383 g/mol. The molecule has 0 atom stereocenters. The van der Waals surface area contributed by atoms with Gasteiger partial charge in [-0.3, -0.25) is 9.78 Å². The van der Waals surface area contributed by atoms with Crippen LogP contribution in [0.2, 0.25) is 0 Å². The Kier molecular flexibility index (Phi) is 3.50. The van der Waals surface area contributed by atoms with E-state index in [2.05, 4.69) is 4.98 Å². The molecule has 3 aromatic rings. The molecule has 2 heterocycles. The summed E-state index contributed by atoms with van der Waals surface area (Å²) >= 11 is 1.83. The second-order valence-corrected chi connectivity index (χ2v) is 5.54. The highest BCUT2D eigenvalue weighted by atomic mass is 127. The van der Waals surface area contributed by atoms with E-state index in [0.29, 0.717) is 23.1 Å². The second kappa shape index (κ2) is 5.32. The van der Waals surface area contributed by atoms with Gasteiger partial charge in [-0.2, -0.15) is 0 Å². The highest BCUT2D eigenvalue weighted by Crippen LogP contribution is 2.18. The van der Waals surface area contributed by atoms with Gasteiger partial charge in [0.1, 0.15) is 5.52 Å². The first kappa shape index (κ1) is 13.8. The van der Waals surface area contributed by atoms with Crippen molar-refractivity contribution in [1.29, 1.82) is 5.41 Å². The van der Waals surface area contributed by atoms with E-state index < -0.39 is 11.2 Å². The zero-order valence-electron chi connectivity index (χ0n) is 10.8. The SMILES string of the molecule is N=Cc1cn(Cc2ccccc2)c2c(=O)[nH]c(=O)n(I)c12. The summed E-state index contributed by atoms with van der Waals surface area (Å²) in [6.45, 7) is 0.503. The predicted molar refractivity (Wildman–Crippen MR) is 89.7 cm³/mol. The van der Waals surface area contributed by atoms with E-state index in [-0.39, 0.29) is 0 Å². The van der Waals surface area contributed by atoms with Crippen molar-refractivity contribution in [1.82, 2.24) is 12.3 Å². The summed E-state index contributed by atoms with van der Waals surface area (Å²) in [5, 5.41) is 7.49. The van der Waals surface area contributed by atoms with Gasteiger partial charge >= 0.3 is 5.69 Å². The number of benzene rings is 1. The fourth-order valence-corrected chi connectivity index (χ4v) is 2.96. The Morgan fingerprint density at radius 1 is 1.19 bits per heavy atom. The van der Waals surface area contributed by atoms with Gasteiger partial charge in [0.25, 0.3) is 5.56 Å². The number of H-pyrrole nitrogens is 1. The Balaban J connectivity index is 2.30. The zero-order valence-corrected chi connectivity index (χ0v) is 13.0. The van der Waals surface area contributed by atoms with Gasteiger partial charge in [0, 0.05) is 24.5 Å². The maximum atomic E-state index is 12.1. The molecule has 6 nitrogen and oxygen atoms in total. The molecule has 1 aromatic carbocycles. The first-order chi connectivity index (χ1) is 10.1. The minimum Gasteiger partial charge on any atom is -0.337 e. The summed E-state index contributed by atoms with van der Waals surface area (Å²) in [5.41, 5.74) is 1.51. The van der Waals surface area contributed by atoms with E-state index in [1.165, 1.54) is 2.78 Å². The molecule has 2 aromatic heterocycles. The standard InChI is InChI=1S/C14H11IN4O2/c15-19-11-10(6-16)8-18(7-9-4-2-1-3-5-9)12(11)13(20)17-14(19)21/h1-6,8,16H,7H2,(H,17,20,21). The van der Waals surface area contributed by atoms with Gasteiger partial charge in [-0.15, -0.1) is 0 Å². The minimum absolute atomic E-state index is 0.395. The van der Waals surface area contributed by atoms with Crippen molar-refractivity contribution in [2.24, 2.45) is 0 Å². The lowest BCUT2D eigenvalue weighted by atomic mass is 10.2. The average molecular weight is 394 g/mol. The van der Waals surface area contributed by atoms with Crippen molar-refractivity contribution in [2.75, 3.05) is 0 Å². The van der Waals surface area contributed by atoms with Crippen molar-refractivity contribution in [3.05, 3.63) is 68.5 Å². The summed E-state index contributed by atoms with van der Waals surface area (Å²) in [7, 11) is 0. The second-order valence-electron chi connectivity index (χ2n) is 4.58. The molecule has 0 saturated carbocycles. The minimum atomic E-state index is -0.492. The van der Waals surface area contributed by atoms with Crippen LogP contribution in [0.25, 0.3) is 11.0 Å². The van der Waals surface area contributed by atoms with Gasteiger partial charge < -0.3 is 9.98 Å². The van der Waals surface area contributed by atoms with Crippen LogP contribution in [0.4, 0.5) is 0 Å². The third-order valence-corrected chi connectivity index (χ3v) is 4.16. The zero-order chi connectivity index (χ0) is 15.0. The molecule has 21 heavy (non-hydrogen) atoms. The molecule has 0 unspecified atom stereocenters. The number of halogens is 1. The molecule has 106 valence electrons. The van der Waals surface area contributed by atoms with Crippen LogP contribution in [0.15, 0.2) is 46.1 Å². The van der Waals surface area contributed by atoms with Crippen molar-refractivity contribution >= 4 is 40.1 Å². The van der Waals surface area contributed by atoms with Crippen LogP contribution in [0, 0.1) is 5.41 Å². The first-order valence-electron chi connectivity index (χ1n) is 6.20. The number of nitrogens with zero attached hydrogens (tertiary/aromatic N) is 2. The lowest BCUT2D eigenvalue weighted by Gasteiger charge is -2.05. The number of aromatic amines is 1. The molecule has 0 radical (unpaired) electrons. The first-order valence-corrected chi connectivity index (χ1v) is 7.17. The third-order valence-electron chi connectivity index (χ3n) is 3.24. The number of fused-ring (bicyclic) bond motifs is 1. The average Bonchev–Trinajstić information content (AvgIpc) is 2.85. The van der Waals surface area contributed by atoms with Gasteiger partial charge in [0.15, 0.2) is 0 Å². The number of hydrogen-bond donors (Lipinski definition) is 2. The van der Waals surface area contributed by atoms with Crippen LogP contribution in [-0.2, 0) is 6.54 Å². The molecule has 2 N–H and O–H groups in total. The smallest absolute Gasteiger partial charge is 0.337 e. The molecule has 0 aliphatic carbocycles. The fourth-order valence-electron chi connectivity index (χ4n) is 2.33. The Hall–Kier alpha value is -2.16. The molecule has 0 aliphatic heterocycles. The lowest BCUT2D eigenvalue weighted by Crippen LogP contribution is -2.27. The van der Waals surface area contributed by atoms with Crippen molar-refractivity contribution < 1.29 is 0 Å². The van der Waals surface area contributed by atoms with Crippen LogP contribution in [-0.4, -0.2) is 18.5 Å². The Labute approximate surface area is 133 Å². The van der Waals surface area contributed by atoms with E-state index in [1.54, 1.807) is 10.8 Å². The van der Waals surface area contributed by atoms with Crippen molar-refractivity contribution in [2.45, 2.75) is 6.54 Å². The van der Waals surface area contributed by atoms with Crippen LogP contribution in [0.5, 0.6) is 0 Å². The number of aromatic nitrogens is 3. The maximum absolute atomic E-state index is 12.1. The van der Waals surface area contributed by atoms with Crippen molar-refractivity contribution in [3.8, 4) is 0 Å². The number of hydrogen-bond acceptors (Lipinski definition) is 3. The van der Waals surface area contributed by atoms with E-state index in [0.717, 1.165) is 11.8 Å². The van der Waals surface area contributed by atoms with Gasteiger partial charge in [-0.25, -0.2) is 7.58 Å². The van der Waals surface area contributed by atoms with E-state index in [9.17, 15) is 9.59 Å². The Bertz CT molecular complexity index is 937. The Morgan fingerprint density at radius 2 is 1.90 bits per heavy atom. The number of nitrogens with one attached hydrogen (secondary N) is 2. The van der Waals surface area contributed by atoms with Crippen LogP contribution in [0.3, 0.4) is 0 Å². The summed E-state index contributed by atoms with van der Waals surface area (Å²) in [6.07, 6.45) is 2.87. The molecule has 7 heteroatoms. The normalized spacial score (nSPS) is 10.9. The molecule has 3 rings (SSSR count). The van der Waals surface area contributed by atoms with Gasteiger partial charge in [-0.05, 0) is 5.56 Å². The number of rotatable bonds is 3. The van der Waals surface area contributed by atoms with Crippen LogP contribution in [0.1, 0.15) is 11.1 Å².